The lowest BCUT2D eigenvalue weighted by Gasteiger charge is -2.29. The van der Waals surface area contributed by atoms with E-state index in [1.54, 1.807) is 0 Å². The minimum atomic E-state index is 0.434. The van der Waals surface area contributed by atoms with E-state index in [1.165, 1.54) is 6.42 Å². The maximum atomic E-state index is 4.14. The van der Waals surface area contributed by atoms with Crippen molar-refractivity contribution in [3.8, 4) is 0 Å². The van der Waals surface area contributed by atoms with Gasteiger partial charge in [0.2, 0.25) is 0 Å². The van der Waals surface area contributed by atoms with Crippen LogP contribution in [0.5, 0.6) is 0 Å². The highest BCUT2D eigenvalue weighted by Crippen LogP contribution is 2.18. The number of unbranched alkanes of at least 4 members (excludes halogenated alkanes) is 1. The van der Waals surface area contributed by atoms with Crippen LogP contribution in [0.2, 0.25) is 0 Å². The van der Waals surface area contributed by atoms with Gasteiger partial charge >= 0.3 is 0 Å². The van der Waals surface area contributed by atoms with E-state index in [-0.39, 0.29) is 0 Å². The van der Waals surface area contributed by atoms with Gasteiger partial charge < -0.3 is 0 Å². The molecular formula is C12H20N2. The molecule has 1 atom stereocenters. The fraction of sp³-hybridized carbons (Fsp3) is 0.583. The summed E-state index contributed by atoms with van der Waals surface area (Å²) in [6.45, 7) is 6.85. The molecule has 0 spiro atoms. The van der Waals surface area contributed by atoms with Crippen LogP contribution in [0.1, 0.15) is 26.2 Å². The number of likely N-dealkylation sites (N-methyl/N-ethyl adjacent to an activating group) is 1. The summed E-state index contributed by atoms with van der Waals surface area (Å²) in [5.41, 5.74) is 1.14. The molecule has 0 bridgehead atoms. The molecule has 1 aliphatic heterocycles. The van der Waals surface area contributed by atoms with E-state index in [1.807, 2.05) is 0 Å². The molecule has 1 rings (SSSR count). The quantitative estimate of drug-likeness (QED) is 0.494. The van der Waals surface area contributed by atoms with Crippen molar-refractivity contribution in [3.05, 3.63) is 23.9 Å². The number of hydrogen-bond donors (Lipinski definition) is 0. The minimum Gasteiger partial charge on any atom is -0.294 e. The molecule has 14 heavy (non-hydrogen) atoms. The SMILES string of the molecule is C=N/C(=C\CCC)C1CC=CCN1C. The van der Waals surface area contributed by atoms with Gasteiger partial charge in [-0.2, -0.15) is 0 Å². The number of hydrogen-bond acceptors (Lipinski definition) is 2. The van der Waals surface area contributed by atoms with E-state index in [0.29, 0.717) is 6.04 Å². The topological polar surface area (TPSA) is 15.6 Å². The maximum absolute atomic E-state index is 4.14. The zero-order chi connectivity index (χ0) is 10.4. The molecule has 2 nitrogen and oxygen atoms in total. The Bertz CT molecular complexity index is 241. The van der Waals surface area contributed by atoms with Gasteiger partial charge in [-0.05, 0) is 26.6 Å². The van der Waals surface area contributed by atoms with Crippen LogP contribution in [-0.2, 0) is 0 Å². The van der Waals surface area contributed by atoms with Gasteiger partial charge in [-0.3, -0.25) is 9.89 Å². The molecule has 0 aromatic heterocycles. The number of aliphatic imine (C=N–C) groups is 1. The Balaban J connectivity index is 2.68. The molecule has 0 aromatic rings. The Kier molecular flexibility index (Phi) is 4.60. The first-order chi connectivity index (χ1) is 6.79. The van der Waals surface area contributed by atoms with Crippen molar-refractivity contribution in [1.29, 1.82) is 0 Å². The first-order valence-electron chi connectivity index (χ1n) is 5.31. The summed E-state index contributed by atoms with van der Waals surface area (Å²) in [5, 5.41) is 0. The summed E-state index contributed by atoms with van der Waals surface area (Å²) in [7, 11) is 2.14. The summed E-state index contributed by atoms with van der Waals surface area (Å²) in [6, 6.07) is 0.434. The molecule has 0 amide bonds. The van der Waals surface area contributed by atoms with Crippen LogP contribution in [0.25, 0.3) is 0 Å². The average Bonchev–Trinajstić information content (AvgIpc) is 2.21. The van der Waals surface area contributed by atoms with E-state index in [2.05, 4.69) is 48.8 Å². The van der Waals surface area contributed by atoms with E-state index in [4.69, 9.17) is 0 Å². The molecule has 78 valence electrons. The van der Waals surface area contributed by atoms with Gasteiger partial charge in [0.05, 0.1) is 11.7 Å². The second-order valence-corrected chi connectivity index (χ2v) is 3.74. The van der Waals surface area contributed by atoms with Crippen LogP contribution in [0, 0.1) is 0 Å². The molecule has 1 aliphatic rings. The third kappa shape index (κ3) is 2.81. The van der Waals surface area contributed by atoms with Gasteiger partial charge in [0.25, 0.3) is 0 Å². The highest BCUT2D eigenvalue weighted by Gasteiger charge is 2.18. The molecule has 1 unspecified atom stereocenters. The van der Waals surface area contributed by atoms with Crippen LogP contribution < -0.4 is 0 Å². The highest BCUT2D eigenvalue weighted by atomic mass is 15.1. The standard InChI is InChI=1S/C12H20N2/c1-4-5-8-11(13-2)12-9-6-7-10-14(12)3/h6-8,12H,2,4-5,9-10H2,1,3H3/b11-8-. The fourth-order valence-electron chi connectivity index (χ4n) is 1.72. The van der Waals surface area contributed by atoms with Crippen molar-refractivity contribution in [3.63, 3.8) is 0 Å². The summed E-state index contributed by atoms with van der Waals surface area (Å²) in [6.07, 6.45) is 9.98. The number of nitrogens with zero attached hydrogens (tertiary/aromatic N) is 2. The Morgan fingerprint density at radius 1 is 1.64 bits per heavy atom. The molecule has 1 heterocycles. The van der Waals surface area contributed by atoms with E-state index >= 15 is 0 Å². The van der Waals surface area contributed by atoms with Gasteiger partial charge in [0, 0.05) is 6.54 Å². The van der Waals surface area contributed by atoms with E-state index < -0.39 is 0 Å². The minimum absolute atomic E-state index is 0.434. The smallest absolute Gasteiger partial charge is 0.0551 e. The maximum Gasteiger partial charge on any atom is 0.0551 e. The van der Waals surface area contributed by atoms with Crippen molar-refractivity contribution in [1.82, 2.24) is 4.90 Å². The third-order valence-corrected chi connectivity index (χ3v) is 2.62. The second-order valence-electron chi connectivity index (χ2n) is 3.74. The summed E-state index contributed by atoms with van der Waals surface area (Å²) in [4.78, 5) is 6.45. The number of allylic oxidation sites excluding steroid dienone is 1. The van der Waals surface area contributed by atoms with Crippen LogP contribution in [0.3, 0.4) is 0 Å². The molecule has 2 heteroatoms. The van der Waals surface area contributed by atoms with Gasteiger partial charge in [0.1, 0.15) is 0 Å². The van der Waals surface area contributed by atoms with Crippen molar-refractivity contribution in [2.75, 3.05) is 13.6 Å². The zero-order valence-corrected chi connectivity index (χ0v) is 9.24. The Morgan fingerprint density at radius 3 is 3.00 bits per heavy atom. The normalized spacial score (nSPS) is 23.9. The van der Waals surface area contributed by atoms with Crippen molar-refractivity contribution >= 4 is 6.72 Å². The van der Waals surface area contributed by atoms with Gasteiger partial charge in [-0.15, -0.1) is 0 Å². The monoisotopic (exact) mass is 192 g/mol. The van der Waals surface area contributed by atoms with Gasteiger partial charge in [-0.25, -0.2) is 0 Å². The largest absolute Gasteiger partial charge is 0.294 e. The summed E-state index contributed by atoms with van der Waals surface area (Å²) in [5.74, 6) is 0. The van der Waals surface area contributed by atoms with Crippen molar-refractivity contribution < 1.29 is 0 Å². The molecule has 0 radical (unpaired) electrons. The Labute approximate surface area is 87.0 Å². The van der Waals surface area contributed by atoms with Crippen molar-refractivity contribution in [2.24, 2.45) is 4.99 Å². The average molecular weight is 192 g/mol. The molecule has 0 N–H and O–H groups in total. The Hall–Kier alpha value is -0.890. The molecule has 0 saturated carbocycles. The highest BCUT2D eigenvalue weighted by molar-refractivity contribution is 5.31. The predicted octanol–water partition coefficient (Wildman–Crippen LogP) is 2.63. The van der Waals surface area contributed by atoms with Crippen LogP contribution in [0.4, 0.5) is 0 Å². The third-order valence-electron chi connectivity index (χ3n) is 2.62. The summed E-state index contributed by atoms with van der Waals surface area (Å²) < 4.78 is 0. The fourth-order valence-corrected chi connectivity index (χ4v) is 1.72. The van der Waals surface area contributed by atoms with Crippen LogP contribution in [-0.4, -0.2) is 31.3 Å². The van der Waals surface area contributed by atoms with E-state index in [0.717, 1.165) is 25.1 Å². The summed E-state index contributed by atoms with van der Waals surface area (Å²) >= 11 is 0. The van der Waals surface area contributed by atoms with E-state index in [9.17, 15) is 0 Å². The lowest BCUT2D eigenvalue weighted by molar-refractivity contribution is 0.287. The molecule has 0 fully saturated rings. The van der Waals surface area contributed by atoms with Crippen LogP contribution >= 0.6 is 0 Å². The first-order valence-corrected chi connectivity index (χ1v) is 5.31. The lowest BCUT2D eigenvalue weighted by atomic mass is 10.0. The number of rotatable bonds is 4. The first kappa shape index (κ1) is 11.2. The predicted molar refractivity (Wildman–Crippen MR) is 62.7 cm³/mol. The van der Waals surface area contributed by atoms with Gasteiger partial charge in [-0.1, -0.05) is 31.6 Å². The Morgan fingerprint density at radius 2 is 2.43 bits per heavy atom. The van der Waals surface area contributed by atoms with Crippen molar-refractivity contribution in [2.45, 2.75) is 32.2 Å². The molecule has 0 saturated heterocycles. The van der Waals surface area contributed by atoms with Gasteiger partial charge in [0.15, 0.2) is 0 Å². The molecule has 0 aromatic carbocycles. The molecule has 0 aliphatic carbocycles. The molecular weight excluding hydrogens is 172 g/mol. The second kappa shape index (κ2) is 5.76. The zero-order valence-electron chi connectivity index (χ0n) is 9.24. The lowest BCUT2D eigenvalue weighted by Crippen LogP contribution is -2.34. The van der Waals surface area contributed by atoms with Crippen LogP contribution in [0.15, 0.2) is 28.9 Å².